The predicted octanol–water partition coefficient (Wildman–Crippen LogP) is 5.17. The highest BCUT2D eigenvalue weighted by atomic mass is 79.9. The van der Waals surface area contributed by atoms with Crippen molar-refractivity contribution in [2.24, 2.45) is 0 Å². The zero-order chi connectivity index (χ0) is 12.6. The third-order valence-electron chi connectivity index (χ3n) is 2.20. The molecule has 1 heterocycles. The van der Waals surface area contributed by atoms with E-state index in [0.717, 1.165) is 4.47 Å². The van der Waals surface area contributed by atoms with Crippen LogP contribution in [0.1, 0.15) is 5.56 Å². The Morgan fingerprint density at radius 2 is 1.65 bits per heavy atom. The van der Waals surface area contributed by atoms with Gasteiger partial charge in [-0.2, -0.15) is 0 Å². The molecule has 0 radical (unpaired) electrons. The highest BCUT2D eigenvalue weighted by Crippen LogP contribution is 2.31. The Hall–Kier alpha value is -0.350. The molecule has 2 rings (SSSR count). The molecule has 1 aromatic heterocycles. The molecule has 0 unspecified atom stereocenters. The average Bonchev–Trinajstić information content (AvgIpc) is 2.25. The van der Waals surface area contributed by atoms with Crippen LogP contribution < -0.4 is 0 Å². The first kappa shape index (κ1) is 13.1. The fourth-order valence-corrected chi connectivity index (χ4v) is 2.40. The molecule has 6 heteroatoms. The van der Waals surface area contributed by atoms with E-state index in [4.69, 9.17) is 34.8 Å². The molecule has 0 spiro atoms. The van der Waals surface area contributed by atoms with Crippen molar-refractivity contribution < 1.29 is 0 Å². The van der Waals surface area contributed by atoms with Crippen molar-refractivity contribution >= 4 is 50.7 Å². The van der Waals surface area contributed by atoms with E-state index in [1.165, 1.54) is 0 Å². The van der Waals surface area contributed by atoms with Crippen molar-refractivity contribution in [1.82, 2.24) is 9.97 Å². The highest BCUT2D eigenvalue weighted by molar-refractivity contribution is 9.10. The Bertz CT molecular complexity index is 564. The lowest BCUT2D eigenvalue weighted by Crippen LogP contribution is -1.94. The van der Waals surface area contributed by atoms with Crippen molar-refractivity contribution in [3.05, 3.63) is 43.6 Å². The minimum absolute atomic E-state index is 0.332. The maximum atomic E-state index is 6.11. The van der Waals surface area contributed by atoms with E-state index in [1.54, 1.807) is 13.0 Å². The summed E-state index contributed by atoms with van der Waals surface area (Å²) >= 11 is 21.4. The van der Waals surface area contributed by atoms with Gasteiger partial charge >= 0.3 is 0 Å². The minimum atomic E-state index is 0.332. The lowest BCUT2D eigenvalue weighted by atomic mass is 10.2. The van der Waals surface area contributed by atoms with Crippen molar-refractivity contribution in [2.45, 2.75) is 6.92 Å². The van der Waals surface area contributed by atoms with Gasteiger partial charge in [-0.3, -0.25) is 0 Å². The van der Waals surface area contributed by atoms with Gasteiger partial charge in [-0.05, 0) is 25.1 Å². The van der Waals surface area contributed by atoms with Crippen LogP contribution in [0.25, 0.3) is 11.4 Å². The smallest absolute Gasteiger partial charge is 0.164 e. The molecule has 0 fully saturated rings. The SMILES string of the molecule is Cc1c(Cl)nc(-c2ccc(Br)cc2Cl)nc1Cl. The van der Waals surface area contributed by atoms with Crippen LogP contribution in [0.5, 0.6) is 0 Å². The van der Waals surface area contributed by atoms with Gasteiger partial charge in [0, 0.05) is 15.6 Å². The second-order valence-corrected chi connectivity index (χ2v) is 5.42. The number of hydrogen-bond acceptors (Lipinski definition) is 2. The zero-order valence-corrected chi connectivity index (χ0v) is 12.5. The van der Waals surface area contributed by atoms with Crippen LogP contribution in [0.3, 0.4) is 0 Å². The first-order chi connectivity index (χ1) is 7.99. The molecule has 0 saturated carbocycles. The van der Waals surface area contributed by atoms with Crippen LogP contribution in [0.4, 0.5) is 0 Å². The fraction of sp³-hybridized carbons (Fsp3) is 0.0909. The monoisotopic (exact) mass is 350 g/mol. The lowest BCUT2D eigenvalue weighted by molar-refractivity contribution is 1.14. The van der Waals surface area contributed by atoms with Gasteiger partial charge in [-0.1, -0.05) is 50.7 Å². The van der Waals surface area contributed by atoms with E-state index in [2.05, 4.69) is 25.9 Å². The Morgan fingerprint density at radius 1 is 1.06 bits per heavy atom. The molecule has 0 saturated heterocycles. The second kappa shape index (κ2) is 5.11. The van der Waals surface area contributed by atoms with Crippen molar-refractivity contribution in [3.8, 4) is 11.4 Å². The molecular formula is C11H6BrCl3N2. The van der Waals surface area contributed by atoms with Crippen LogP contribution in [-0.2, 0) is 0 Å². The maximum Gasteiger partial charge on any atom is 0.164 e. The van der Waals surface area contributed by atoms with Crippen molar-refractivity contribution in [1.29, 1.82) is 0 Å². The van der Waals surface area contributed by atoms with E-state index in [0.29, 0.717) is 32.3 Å². The summed E-state index contributed by atoms with van der Waals surface area (Å²) < 4.78 is 0.885. The molecule has 2 nitrogen and oxygen atoms in total. The van der Waals surface area contributed by atoms with Gasteiger partial charge in [0.1, 0.15) is 10.3 Å². The summed E-state index contributed by atoms with van der Waals surface area (Å²) in [5.74, 6) is 0.420. The van der Waals surface area contributed by atoms with Gasteiger partial charge in [0.2, 0.25) is 0 Å². The lowest BCUT2D eigenvalue weighted by Gasteiger charge is -2.06. The molecule has 0 aliphatic heterocycles. The predicted molar refractivity (Wildman–Crippen MR) is 74.9 cm³/mol. The summed E-state index contributed by atoms with van der Waals surface area (Å²) in [4.78, 5) is 8.33. The molecule has 0 aliphatic rings. The quantitative estimate of drug-likeness (QED) is 0.661. The van der Waals surface area contributed by atoms with Crippen molar-refractivity contribution in [3.63, 3.8) is 0 Å². The summed E-state index contributed by atoms with van der Waals surface area (Å²) in [6.45, 7) is 1.76. The summed E-state index contributed by atoms with van der Waals surface area (Å²) in [6.07, 6.45) is 0. The molecule has 88 valence electrons. The molecule has 0 bridgehead atoms. The molecule has 17 heavy (non-hydrogen) atoms. The summed E-state index contributed by atoms with van der Waals surface area (Å²) in [6, 6.07) is 5.43. The van der Waals surface area contributed by atoms with Gasteiger partial charge < -0.3 is 0 Å². The molecule has 0 atom stereocenters. The second-order valence-electron chi connectivity index (χ2n) is 3.38. The molecule has 0 aliphatic carbocycles. The van der Waals surface area contributed by atoms with Gasteiger partial charge in [0.25, 0.3) is 0 Å². The van der Waals surface area contributed by atoms with Crippen LogP contribution >= 0.6 is 50.7 Å². The van der Waals surface area contributed by atoms with Crippen LogP contribution in [0, 0.1) is 6.92 Å². The van der Waals surface area contributed by atoms with Gasteiger partial charge in [0.05, 0.1) is 5.02 Å². The largest absolute Gasteiger partial charge is 0.216 e. The number of nitrogens with zero attached hydrogens (tertiary/aromatic N) is 2. The third-order valence-corrected chi connectivity index (χ3v) is 3.74. The molecular weight excluding hydrogens is 346 g/mol. The normalized spacial score (nSPS) is 10.6. The van der Waals surface area contributed by atoms with Gasteiger partial charge in [-0.15, -0.1) is 0 Å². The average molecular weight is 352 g/mol. The van der Waals surface area contributed by atoms with E-state index in [-0.39, 0.29) is 0 Å². The van der Waals surface area contributed by atoms with E-state index >= 15 is 0 Å². The standard InChI is InChI=1S/C11H6BrCl3N2/c1-5-9(14)16-11(17-10(5)15)7-3-2-6(12)4-8(7)13/h2-4H,1H3. The minimum Gasteiger partial charge on any atom is -0.216 e. The Balaban J connectivity index is 2.61. The summed E-state index contributed by atoms with van der Waals surface area (Å²) in [5, 5.41) is 1.20. The third kappa shape index (κ3) is 2.74. The number of benzene rings is 1. The Morgan fingerprint density at radius 3 is 2.18 bits per heavy atom. The zero-order valence-electron chi connectivity index (χ0n) is 8.64. The summed E-state index contributed by atoms with van der Waals surface area (Å²) in [5.41, 5.74) is 1.35. The highest BCUT2D eigenvalue weighted by Gasteiger charge is 2.12. The summed E-state index contributed by atoms with van der Waals surface area (Å²) in [7, 11) is 0. The van der Waals surface area contributed by atoms with Crippen molar-refractivity contribution in [2.75, 3.05) is 0 Å². The first-order valence-corrected chi connectivity index (χ1v) is 6.57. The molecule has 2 aromatic rings. The first-order valence-electron chi connectivity index (χ1n) is 4.64. The van der Waals surface area contributed by atoms with Crippen LogP contribution in [0.2, 0.25) is 15.3 Å². The Kier molecular flexibility index (Phi) is 3.93. The number of hydrogen-bond donors (Lipinski definition) is 0. The topological polar surface area (TPSA) is 25.8 Å². The number of aromatic nitrogens is 2. The number of halogens is 4. The van der Waals surface area contributed by atoms with Crippen LogP contribution in [0.15, 0.2) is 22.7 Å². The van der Waals surface area contributed by atoms with E-state index in [9.17, 15) is 0 Å². The maximum absolute atomic E-state index is 6.11. The van der Waals surface area contributed by atoms with Crippen LogP contribution in [-0.4, -0.2) is 9.97 Å². The molecule has 1 aromatic carbocycles. The van der Waals surface area contributed by atoms with E-state index in [1.807, 2.05) is 12.1 Å². The molecule has 0 amide bonds. The van der Waals surface area contributed by atoms with E-state index < -0.39 is 0 Å². The van der Waals surface area contributed by atoms with Gasteiger partial charge in [0.15, 0.2) is 5.82 Å². The fourth-order valence-electron chi connectivity index (χ4n) is 1.26. The van der Waals surface area contributed by atoms with Gasteiger partial charge in [-0.25, -0.2) is 9.97 Å². The molecule has 0 N–H and O–H groups in total. The Labute approximate surface area is 122 Å². The number of rotatable bonds is 1.